The number of aromatic nitrogens is 1. The average molecular weight is 282 g/mol. The average Bonchev–Trinajstić information content (AvgIpc) is 2.95. The molecule has 0 atom stereocenters. The maximum Gasteiger partial charge on any atom is 0.230 e. The highest BCUT2D eigenvalue weighted by Crippen LogP contribution is 2.38. The van der Waals surface area contributed by atoms with E-state index in [0.717, 1.165) is 33.9 Å². The Morgan fingerprint density at radius 3 is 2.38 bits per heavy atom. The van der Waals surface area contributed by atoms with Gasteiger partial charge in [0.1, 0.15) is 17.2 Å². The summed E-state index contributed by atoms with van der Waals surface area (Å²) in [7, 11) is 0. The zero-order valence-electron chi connectivity index (χ0n) is 12.7. The van der Waals surface area contributed by atoms with Crippen molar-refractivity contribution in [2.24, 2.45) is 0 Å². The molecule has 0 aliphatic carbocycles. The molecule has 0 saturated carbocycles. The third kappa shape index (κ3) is 2.23. The van der Waals surface area contributed by atoms with E-state index in [1.54, 1.807) is 0 Å². The van der Waals surface area contributed by atoms with Crippen LogP contribution in [0.4, 0.5) is 5.88 Å². The first-order chi connectivity index (χ1) is 9.97. The highest BCUT2D eigenvalue weighted by Gasteiger charge is 2.21. The zero-order chi connectivity index (χ0) is 15.1. The fourth-order valence-electron chi connectivity index (χ4n) is 2.53. The Morgan fingerprint density at radius 2 is 1.76 bits per heavy atom. The van der Waals surface area contributed by atoms with Crippen LogP contribution in [0.2, 0.25) is 0 Å². The standard InChI is InChI=1S/C17H18N2O2/c1-9-5-6-13(7-10(9)2)15-16(19-21-17(15)18)14-8-11(3)20-12(14)4/h5-8H,18H2,1-4H3. The van der Waals surface area contributed by atoms with Crippen LogP contribution in [0.25, 0.3) is 22.4 Å². The first kappa shape index (κ1) is 13.5. The molecule has 1 aromatic carbocycles. The maximum atomic E-state index is 6.00. The number of nitrogens with two attached hydrogens (primary N) is 1. The lowest BCUT2D eigenvalue weighted by molar-refractivity contribution is 0.439. The van der Waals surface area contributed by atoms with Gasteiger partial charge in [-0.2, -0.15) is 0 Å². The van der Waals surface area contributed by atoms with E-state index in [4.69, 9.17) is 14.7 Å². The summed E-state index contributed by atoms with van der Waals surface area (Å²) in [5, 5.41) is 4.13. The first-order valence-electron chi connectivity index (χ1n) is 6.87. The summed E-state index contributed by atoms with van der Waals surface area (Å²) in [6, 6.07) is 8.17. The Labute approximate surface area is 123 Å². The van der Waals surface area contributed by atoms with Crippen LogP contribution in [0.15, 0.2) is 33.2 Å². The molecule has 2 aromatic heterocycles. The number of hydrogen-bond donors (Lipinski definition) is 1. The third-order valence-corrected chi connectivity index (χ3v) is 3.81. The molecule has 0 bridgehead atoms. The van der Waals surface area contributed by atoms with E-state index in [2.05, 4.69) is 31.1 Å². The number of nitrogens with zero attached hydrogens (tertiary/aromatic N) is 1. The summed E-state index contributed by atoms with van der Waals surface area (Å²) >= 11 is 0. The summed E-state index contributed by atoms with van der Waals surface area (Å²) in [5.41, 5.74) is 11.9. The van der Waals surface area contributed by atoms with Gasteiger partial charge in [-0.3, -0.25) is 0 Å². The monoisotopic (exact) mass is 282 g/mol. The molecule has 108 valence electrons. The van der Waals surface area contributed by atoms with Gasteiger partial charge in [-0.05, 0) is 50.5 Å². The fourth-order valence-corrected chi connectivity index (χ4v) is 2.53. The SMILES string of the molecule is Cc1cc(-c2noc(N)c2-c2ccc(C)c(C)c2)c(C)o1. The van der Waals surface area contributed by atoms with E-state index in [9.17, 15) is 0 Å². The van der Waals surface area contributed by atoms with Crippen molar-refractivity contribution in [3.63, 3.8) is 0 Å². The summed E-state index contributed by atoms with van der Waals surface area (Å²) in [6.07, 6.45) is 0. The predicted molar refractivity (Wildman–Crippen MR) is 83.0 cm³/mol. The molecule has 21 heavy (non-hydrogen) atoms. The minimum atomic E-state index is 0.325. The molecule has 0 aliphatic heterocycles. The second-order valence-electron chi connectivity index (χ2n) is 5.40. The smallest absolute Gasteiger partial charge is 0.230 e. The van der Waals surface area contributed by atoms with Gasteiger partial charge in [0.15, 0.2) is 0 Å². The van der Waals surface area contributed by atoms with Crippen molar-refractivity contribution < 1.29 is 8.94 Å². The number of nitrogen functional groups attached to an aromatic ring is 1. The fraction of sp³-hybridized carbons (Fsp3) is 0.235. The molecule has 0 radical (unpaired) electrons. The largest absolute Gasteiger partial charge is 0.466 e. The lowest BCUT2D eigenvalue weighted by Gasteiger charge is -2.05. The molecular weight excluding hydrogens is 264 g/mol. The van der Waals surface area contributed by atoms with Crippen molar-refractivity contribution in [3.8, 4) is 22.4 Å². The number of rotatable bonds is 2. The summed E-state index contributed by atoms with van der Waals surface area (Å²) < 4.78 is 10.8. The van der Waals surface area contributed by atoms with E-state index >= 15 is 0 Å². The third-order valence-electron chi connectivity index (χ3n) is 3.81. The van der Waals surface area contributed by atoms with E-state index in [0.29, 0.717) is 5.88 Å². The van der Waals surface area contributed by atoms with Crippen LogP contribution < -0.4 is 5.73 Å². The molecule has 4 heteroatoms. The van der Waals surface area contributed by atoms with Crippen LogP contribution in [0, 0.1) is 27.7 Å². The minimum Gasteiger partial charge on any atom is -0.466 e. The molecule has 2 heterocycles. The molecule has 0 unspecified atom stereocenters. The van der Waals surface area contributed by atoms with Crippen molar-refractivity contribution >= 4 is 5.88 Å². The number of anilines is 1. The molecule has 4 nitrogen and oxygen atoms in total. The molecular formula is C17H18N2O2. The van der Waals surface area contributed by atoms with Crippen LogP contribution in [0.5, 0.6) is 0 Å². The lowest BCUT2D eigenvalue weighted by Crippen LogP contribution is -1.90. The summed E-state index contributed by atoms with van der Waals surface area (Å²) in [4.78, 5) is 0. The Balaban J connectivity index is 2.21. The molecule has 2 N–H and O–H groups in total. The molecule has 3 rings (SSSR count). The van der Waals surface area contributed by atoms with Crippen LogP contribution in [-0.4, -0.2) is 5.16 Å². The first-order valence-corrected chi connectivity index (χ1v) is 6.87. The van der Waals surface area contributed by atoms with Gasteiger partial charge in [0.25, 0.3) is 0 Å². The van der Waals surface area contributed by atoms with Gasteiger partial charge in [-0.15, -0.1) is 0 Å². The topological polar surface area (TPSA) is 65.2 Å². The van der Waals surface area contributed by atoms with Crippen molar-refractivity contribution in [3.05, 3.63) is 46.9 Å². The van der Waals surface area contributed by atoms with Gasteiger partial charge in [-0.25, -0.2) is 0 Å². The highest BCUT2D eigenvalue weighted by molar-refractivity contribution is 5.87. The summed E-state index contributed by atoms with van der Waals surface area (Å²) in [6.45, 7) is 7.99. The number of furan rings is 1. The molecule has 0 amide bonds. The van der Waals surface area contributed by atoms with Gasteiger partial charge in [0.2, 0.25) is 5.88 Å². The van der Waals surface area contributed by atoms with Gasteiger partial charge in [0, 0.05) is 5.56 Å². The second kappa shape index (κ2) is 4.81. The van der Waals surface area contributed by atoms with Crippen LogP contribution in [-0.2, 0) is 0 Å². The van der Waals surface area contributed by atoms with Crippen LogP contribution in [0.1, 0.15) is 22.6 Å². The number of aryl methyl sites for hydroxylation is 4. The summed E-state index contributed by atoms with van der Waals surface area (Å²) in [5.74, 6) is 1.98. The number of hydrogen-bond acceptors (Lipinski definition) is 4. The van der Waals surface area contributed by atoms with Crippen LogP contribution >= 0.6 is 0 Å². The quantitative estimate of drug-likeness (QED) is 0.755. The van der Waals surface area contributed by atoms with Crippen molar-refractivity contribution in [2.75, 3.05) is 5.73 Å². The minimum absolute atomic E-state index is 0.325. The maximum absolute atomic E-state index is 6.00. The molecule has 0 saturated heterocycles. The predicted octanol–water partition coefficient (Wildman–Crippen LogP) is 4.42. The van der Waals surface area contributed by atoms with E-state index in [1.165, 1.54) is 11.1 Å². The molecule has 0 fully saturated rings. The van der Waals surface area contributed by atoms with Gasteiger partial charge >= 0.3 is 0 Å². The number of benzene rings is 1. The zero-order valence-corrected chi connectivity index (χ0v) is 12.7. The Morgan fingerprint density at radius 1 is 1.00 bits per heavy atom. The van der Waals surface area contributed by atoms with E-state index < -0.39 is 0 Å². The Kier molecular flexibility index (Phi) is 3.09. The lowest BCUT2D eigenvalue weighted by atomic mass is 9.98. The van der Waals surface area contributed by atoms with Crippen LogP contribution in [0.3, 0.4) is 0 Å². The second-order valence-corrected chi connectivity index (χ2v) is 5.40. The molecule has 0 aliphatic rings. The van der Waals surface area contributed by atoms with Gasteiger partial charge in [-0.1, -0.05) is 23.4 Å². The van der Waals surface area contributed by atoms with Crippen molar-refractivity contribution in [1.82, 2.24) is 5.16 Å². The van der Waals surface area contributed by atoms with Crippen molar-refractivity contribution in [1.29, 1.82) is 0 Å². The molecule has 3 aromatic rings. The molecule has 0 spiro atoms. The highest BCUT2D eigenvalue weighted by atomic mass is 16.5. The Hall–Kier alpha value is -2.49. The van der Waals surface area contributed by atoms with E-state index in [-0.39, 0.29) is 0 Å². The Bertz CT molecular complexity index is 812. The normalized spacial score (nSPS) is 11.0. The van der Waals surface area contributed by atoms with Gasteiger partial charge in [0.05, 0.1) is 5.56 Å². The van der Waals surface area contributed by atoms with E-state index in [1.807, 2.05) is 26.0 Å². The van der Waals surface area contributed by atoms with Crippen molar-refractivity contribution in [2.45, 2.75) is 27.7 Å². The van der Waals surface area contributed by atoms with Gasteiger partial charge < -0.3 is 14.7 Å².